The highest BCUT2D eigenvalue weighted by Crippen LogP contribution is 2.28. The molecule has 0 spiro atoms. The molecule has 1 aromatic rings. The summed E-state index contributed by atoms with van der Waals surface area (Å²) in [7, 11) is 1.70. The van der Waals surface area contributed by atoms with Gasteiger partial charge in [0.1, 0.15) is 0 Å². The molecule has 0 aromatic carbocycles. The topological polar surface area (TPSA) is 68.5 Å². The summed E-state index contributed by atoms with van der Waals surface area (Å²) >= 11 is 0. The van der Waals surface area contributed by atoms with E-state index in [4.69, 9.17) is 4.74 Å². The standard InChI is InChI=1S/C12H17N3O3/c1-18-9-10-4-7-14(8-5-10)12-11(15(16)17)3-2-6-13-12/h2-3,6,10H,4-5,7-9H2,1H3. The Balaban J connectivity index is 2.07. The van der Waals surface area contributed by atoms with Crippen LogP contribution in [0.4, 0.5) is 11.5 Å². The first kappa shape index (κ1) is 12.8. The summed E-state index contributed by atoms with van der Waals surface area (Å²) in [4.78, 5) is 16.7. The third-order valence-corrected chi connectivity index (χ3v) is 3.28. The predicted octanol–water partition coefficient (Wildman–Crippen LogP) is 1.85. The third kappa shape index (κ3) is 2.76. The van der Waals surface area contributed by atoms with Crippen LogP contribution in [-0.2, 0) is 4.74 Å². The highest BCUT2D eigenvalue weighted by Gasteiger charge is 2.25. The van der Waals surface area contributed by atoms with Gasteiger partial charge in [-0.25, -0.2) is 4.98 Å². The van der Waals surface area contributed by atoms with E-state index in [1.54, 1.807) is 19.4 Å². The Bertz CT molecular complexity index is 417. The molecule has 6 heteroatoms. The van der Waals surface area contributed by atoms with Gasteiger partial charge in [0.2, 0.25) is 5.82 Å². The molecule has 0 bridgehead atoms. The molecule has 98 valence electrons. The van der Waals surface area contributed by atoms with Crippen molar-refractivity contribution in [1.82, 2.24) is 4.98 Å². The van der Waals surface area contributed by atoms with Gasteiger partial charge in [-0.2, -0.15) is 0 Å². The van der Waals surface area contributed by atoms with E-state index in [0.717, 1.165) is 32.5 Å². The van der Waals surface area contributed by atoms with Crippen molar-refractivity contribution in [3.8, 4) is 0 Å². The fourth-order valence-corrected chi connectivity index (χ4v) is 2.32. The van der Waals surface area contributed by atoms with Crippen molar-refractivity contribution in [2.45, 2.75) is 12.8 Å². The summed E-state index contributed by atoms with van der Waals surface area (Å²) in [5, 5.41) is 11.0. The van der Waals surface area contributed by atoms with Gasteiger partial charge in [0, 0.05) is 39.1 Å². The number of ether oxygens (including phenoxy) is 1. The highest BCUT2D eigenvalue weighted by atomic mass is 16.6. The normalized spacial score (nSPS) is 16.8. The van der Waals surface area contributed by atoms with Crippen LogP contribution in [0, 0.1) is 16.0 Å². The lowest BCUT2D eigenvalue weighted by Crippen LogP contribution is -2.35. The Labute approximate surface area is 106 Å². The van der Waals surface area contributed by atoms with Gasteiger partial charge >= 0.3 is 5.69 Å². The number of pyridine rings is 1. The van der Waals surface area contributed by atoms with E-state index >= 15 is 0 Å². The first-order chi connectivity index (χ1) is 8.72. The van der Waals surface area contributed by atoms with Gasteiger partial charge < -0.3 is 9.64 Å². The monoisotopic (exact) mass is 251 g/mol. The number of hydrogen-bond acceptors (Lipinski definition) is 5. The molecule has 0 aliphatic carbocycles. The van der Waals surface area contributed by atoms with Crippen LogP contribution in [0.2, 0.25) is 0 Å². The van der Waals surface area contributed by atoms with Crippen molar-refractivity contribution in [3.63, 3.8) is 0 Å². The van der Waals surface area contributed by atoms with Crippen molar-refractivity contribution in [1.29, 1.82) is 0 Å². The summed E-state index contributed by atoms with van der Waals surface area (Å²) in [6, 6.07) is 3.10. The molecule has 0 amide bonds. The van der Waals surface area contributed by atoms with Gasteiger partial charge in [0.05, 0.1) is 4.92 Å². The zero-order valence-corrected chi connectivity index (χ0v) is 10.4. The van der Waals surface area contributed by atoms with E-state index < -0.39 is 0 Å². The molecular formula is C12H17N3O3. The molecule has 0 atom stereocenters. The summed E-state index contributed by atoms with van der Waals surface area (Å²) < 4.78 is 5.14. The first-order valence-corrected chi connectivity index (χ1v) is 6.05. The molecule has 0 radical (unpaired) electrons. The fraction of sp³-hybridized carbons (Fsp3) is 0.583. The molecule has 2 rings (SSSR count). The Hall–Kier alpha value is -1.69. The molecule has 0 unspecified atom stereocenters. The summed E-state index contributed by atoms with van der Waals surface area (Å²) in [6.07, 6.45) is 3.58. The molecule has 1 aliphatic rings. The fourth-order valence-electron chi connectivity index (χ4n) is 2.32. The summed E-state index contributed by atoms with van der Waals surface area (Å²) in [5.41, 5.74) is 0.0858. The van der Waals surface area contributed by atoms with Crippen LogP contribution < -0.4 is 4.90 Å². The zero-order valence-electron chi connectivity index (χ0n) is 10.4. The molecular weight excluding hydrogens is 234 g/mol. The maximum absolute atomic E-state index is 11.0. The number of piperidine rings is 1. The third-order valence-electron chi connectivity index (χ3n) is 3.28. The Morgan fingerprint density at radius 3 is 2.89 bits per heavy atom. The number of nitro groups is 1. The van der Waals surface area contributed by atoms with Crippen LogP contribution in [0.3, 0.4) is 0 Å². The minimum atomic E-state index is -0.371. The van der Waals surface area contributed by atoms with Crippen LogP contribution >= 0.6 is 0 Å². The molecule has 1 aromatic heterocycles. The molecule has 1 saturated heterocycles. The smallest absolute Gasteiger partial charge is 0.311 e. The highest BCUT2D eigenvalue weighted by molar-refractivity contribution is 5.57. The molecule has 18 heavy (non-hydrogen) atoms. The number of aromatic nitrogens is 1. The molecule has 6 nitrogen and oxygen atoms in total. The summed E-state index contributed by atoms with van der Waals surface area (Å²) in [5.74, 6) is 1.03. The Morgan fingerprint density at radius 1 is 1.56 bits per heavy atom. The maximum atomic E-state index is 11.0. The second kappa shape index (κ2) is 5.77. The van der Waals surface area contributed by atoms with Crippen molar-refractivity contribution in [2.75, 3.05) is 31.7 Å². The lowest BCUT2D eigenvalue weighted by atomic mass is 9.98. The number of hydrogen-bond donors (Lipinski definition) is 0. The van der Waals surface area contributed by atoms with Gasteiger partial charge in [-0.05, 0) is 24.8 Å². The molecule has 2 heterocycles. The van der Waals surface area contributed by atoms with Crippen LogP contribution in [0.15, 0.2) is 18.3 Å². The molecule has 0 N–H and O–H groups in total. The van der Waals surface area contributed by atoms with Crippen molar-refractivity contribution in [2.24, 2.45) is 5.92 Å². The van der Waals surface area contributed by atoms with E-state index in [2.05, 4.69) is 4.98 Å². The van der Waals surface area contributed by atoms with Crippen molar-refractivity contribution >= 4 is 11.5 Å². The number of rotatable bonds is 4. The van der Waals surface area contributed by atoms with E-state index in [1.165, 1.54) is 6.07 Å². The number of methoxy groups -OCH3 is 1. The lowest BCUT2D eigenvalue weighted by molar-refractivity contribution is -0.384. The van der Waals surface area contributed by atoms with E-state index in [9.17, 15) is 10.1 Å². The van der Waals surface area contributed by atoms with E-state index in [1.807, 2.05) is 4.90 Å². The zero-order chi connectivity index (χ0) is 13.0. The number of nitrogens with zero attached hydrogens (tertiary/aromatic N) is 3. The second-order valence-corrected chi connectivity index (χ2v) is 4.49. The van der Waals surface area contributed by atoms with Crippen molar-refractivity contribution in [3.05, 3.63) is 28.4 Å². The van der Waals surface area contributed by atoms with Crippen LogP contribution in [0.5, 0.6) is 0 Å². The molecule has 1 aliphatic heterocycles. The van der Waals surface area contributed by atoms with Crippen LogP contribution in [0.1, 0.15) is 12.8 Å². The second-order valence-electron chi connectivity index (χ2n) is 4.49. The number of anilines is 1. The van der Waals surface area contributed by atoms with E-state index in [-0.39, 0.29) is 10.6 Å². The molecule has 0 saturated carbocycles. The van der Waals surface area contributed by atoms with Crippen LogP contribution in [0.25, 0.3) is 0 Å². The van der Waals surface area contributed by atoms with Gasteiger partial charge in [0.25, 0.3) is 0 Å². The van der Waals surface area contributed by atoms with Gasteiger partial charge in [-0.3, -0.25) is 10.1 Å². The first-order valence-electron chi connectivity index (χ1n) is 6.05. The summed E-state index contributed by atoms with van der Waals surface area (Å²) in [6.45, 7) is 2.36. The van der Waals surface area contributed by atoms with Gasteiger partial charge in [0.15, 0.2) is 0 Å². The molecule has 1 fully saturated rings. The van der Waals surface area contributed by atoms with Gasteiger partial charge in [-0.1, -0.05) is 0 Å². The maximum Gasteiger partial charge on any atom is 0.311 e. The SMILES string of the molecule is COCC1CCN(c2ncccc2[N+](=O)[O-])CC1. The largest absolute Gasteiger partial charge is 0.384 e. The lowest BCUT2D eigenvalue weighted by Gasteiger charge is -2.32. The van der Waals surface area contributed by atoms with E-state index in [0.29, 0.717) is 11.7 Å². The average Bonchev–Trinajstić information content (AvgIpc) is 2.40. The van der Waals surface area contributed by atoms with Crippen LogP contribution in [-0.4, -0.2) is 36.7 Å². The predicted molar refractivity (Wildman–Crippen MR) is 67.7 cm³/mol. The minimum absolute atomic E-state index is 0.0858. The van der Waals surface area contributed by atoms with Crippen molar-refractivity contribution < 1.29 is 9.66 Å². The van der Waals surface area contributed by atoms with Gasteiger partial charge in [-0.15, -0.1) is 0 Å². The Kier molecular flexibility index (Phi) is 4.09. The average molecular weight is 251 g/mol. The minimum Gasteiger partial charge on any atom is -0.384 e. The Morgan fingerprint density at radius 2 is 2.28 bits per heavy atom. The quantitative estimate of drug-likeness (QED) is 0.603.